The number of Topliss-reactive ketones (excluding diaryl/α,β-unsaturated/α-hetero) is 2. The number of methoxy groups -OCH3 is 3. The number of ether oxygens (including phenoxy) is 5. The minimum Gasteiger partial charge on any atom is -0.504 e. The van der Waals surface area contributed by atoms with Crippen LogP contribution in [0.3, 0.4) is 0 Å². The number of halogens is 10. The molecule has 4 aliphatic rings. The SMILES string of the molecule is CC(=O)C(CC(C)C)CN(C)C.COc1cc2c(cc1O)CCNC2.COc1cc2c(cc1OCC(F)(F)F)CCN1CC(CC(C)C)C(=O)CC21.COc1cc2c(cc1OCC(F)(F)F)CCNC2.FC(F)(F)CI. The molecule has 430 valence electrons. The van der Waals surface area contributed by atoms with Crippen molar-refractivity contribution in [2.45, 2.75) is 111 Å². The van der Waals surface area contributed by atoms with Gasteiger partial charge in [-0.2, -0.15) is 39.5 Å². The van der Waals surface area contributed by atoms with Gasteiger partial charge in [0.2, 0.25) is 0 Å². The van der Waals surface area contributed by atoms with Crippen LogP contribution in [0.25, 0.3) is 0 Å². The van der Waals surface area contributed by atoms with Crippen molar-refractivity contribution >= 4 is 34.2 Å². The van der Waals surface area contributed by atoms with E-state index in [0.717, 1.165) is 93.6 Å². The van der Waals surface area contributed by atoms with Gasteiger partial charge in [0.15, 0.2) is 47.7 Å². The summed E-state index contributed by atoms with van der Waals surface area (Å²) in [6.45, 7) is 13.4. The zero-order valence-electron chi connectivity index (χ0n) is 45.1. The van der Waals surface area contributed by atoms with Crippen molar-refractivity contribution in [1.29, 1.82) is 0 Å². The number of carbonyl (C=O) groups excluding carboxylic acids is 2. The smallest absolute Gasteiger partial charge is 0.422 e. The first-order valence-electron chi connectivity index (χ1n) is 25.1. The molecule has 0 saturated carbocycles. The molecule has 0 bridgehead atoms. The van der Waals surface area contributed by atoms with Crippen LogP contribution in [-0.4, -0.2) is 131 Å². The molecule has 12 nitrogen and oxygen atoms in total. The van der Waals surface area contributed by atoms with Gasteiger partial charge in [-0.05, 0) is 148 Å². The number of hydrogen-bond acceptors (Lipinski definition) is 12. The van der Waals surface area contributed by atoms with Gasteiger partial charge in [0, 0.05) is 57.0 Å². The fourth-order valence-electron chi connectivity index (χ4n) is 9.13. The van der Waals surface area contributed by atoms with Gasteiger partial charge in [0.1, 0.15) is 11.6 Å². The highest BCUT2D eigenvalue weighted by Crippen LogP contribution is 2.43. The Hall–Kier alpha value is -4.26. The zero-order valence-corrected chi connectivity index (χ0v) is 47.3. The molecule has 1 saturated heterocycles. The maximum absolute atomic E-state index is 12.6. The highest BCUT2D eigenvalue weighted by molar-refractivity contribution is 14.1. The lowest BCUT2D eigenvalue weighted by atomic mass is 9.80. The molecule has 3 aromatic rings. The normalized spacial score (nSPS) is 17.5. The van der Waals surface area contributed by atoms with Crippen LogP contribution in [-0.2, 0) is 41.9 Å². The fourth-order valence-corrected chi connectivity index (χ4v) is 9.13. The minimum absolute atomic E-state index is 0.0322. The number of alkyl halides is 10. The summed E-state index contributed by atoms with van der Waals surface area (Å²) in [6.07, 6.45) is -7.90. The number of nitrogens with one attached hydrogen (secondary N) is 2. The van der Waals surface area contributed by atoms with Crippen LogP contribution in [0.4, 0.5) is 39.5 Å². The second kappa shape index (κ2) is 30.8. The molecule has 3 unspecified atom stereocenters. The Morgan fingerprint density at radius 1 is 0.711 bits per heavy atom. The molecular formula is C54H76F9IN4O8. The molecule has 22 heteroatoms. The van der Waals surface area contributed by atoms with Crippen molar-refractivity contribution in [3.05, 3.63) is 69.8 Å². The molecule has 3 aromatic carbocycles. The van der Waals surface area contributed by atoms with E-state index in [1.807, 2.05) is 20.2 Å². The molecule has 76 heavy (non-hydrogen) atoms. The Morgan fingerprint density at radius 3 is 1.63 bits per heavy atom. The van der Waals surface area contributed by atoms with Crippen LogP contribution < -0.4 is 34.3 Å². The van der Waals surface area contributed by atoms with E-state index in [-0.39, 0.29) is 46.7 Å². The molecule has 3 atom stereocenters. The summed E-state index contributed by atoms with van der Waals surface area (Å²) in [6, 6.07) is 10.4. The van der Waals surface area contributed by atoms with Gasteiger partial charge in [-0.25, -0.2) is 0 Å². The summed E-state index contributed by atoms with van der Waals surface area (Å²) in [5.41, 5.74) is 6.39. The third kappa shape index (κ3) is 23.0. The highest BCUT2D eigenvalue weighted by Gasteiger charge is 2.39. The Morgan fingerprint density at radius 2 is 1.18 bits per heavy atom. The predicted octanol–water partition coefficient (Wildman–Crippen LogP) is 11.3. The van der Waals surface area contributed by atoms with Gasteiger partial charge in [-0.1, -0.05) is 50.3 Å². The summed E-state index contributed by atoms with van der Waals surface area (Å²) >= 11 is 1.27. The van der Waals surface area contributed by atoms with Gasteiger partial charge in [0.25, 0.3) is 0 Å². The fraction of sp³-hybridized carbons (Fsp3) is 0.630. The number of carbonyl (C=O) groups is 2. The van der Waals surface area contributed by atoms with Gasteiger partial charge < -0.3 is 44.3 Å². The Bertz CT molecular complexity index is 2290. The van der Waals surface area contributed by atoms with Crippen molar-refractivity contribution in [3.63, 3.8) is 0 Å². The second-order valence-corrected chi connectivity index (χ2v) is 20.9. The molecule has 0 amide bonds. The average Bonchev–Trinajstić information content (AvgIpc) is 3.34. The number of nitrogens with zero attached hydrogens (tertiary/aromatic N) is 2. The van der Waals surface area contributed by atoms with E-state index in [1.165, 1.54) is 47.9 Å². The standard InChI is InChI=1S/C20H26F3NO3.C12H14F3NO2.C10H13NO2.C10H21NO.C2H2F3I/c1-12(2)6-14-10-24-5-4-13-7-19(27-11-20(21,22)23)18(26-3)8-15(13)16(24)9-17(14)25;1-17-10-5-9-6-16-3-2-8(9)4-11(10)18-7-12(13,14)15;1-13-10-5-8-6-11-3-2-7(8)4-9(10)12;1-8(2)6-10(9(3)12)7-11(4)5;3-2(4,5)1-6/h7-8,12,14,16H,4-6,9-11H2,1-3H3;4-5,16H,2-3,6-7H2,1H3;4-5,11-12H,2-3,6H2,1H3;8,10H,6-7H2,1-5H3;1H2. The number of piperidine rings is 1. The highest BCUT2D eigenvalue weighted by atomic mass is 127. The van der Waals surface area contributed by atoms with E-state index < -0.39 is 36.2 Å². The zero-order chi connectivity index (χ0) is 57.1. The van der Waals surface area contributed by atoms with Crippen molar-refractivity contribution in [3.8, 4) is 34.5 Å². The Balaban J connectivity index is 0.000000270. The lowest BCUT2D eigenvalue weighted by Crippen LogP contribution is -2.46. The number of ketones is 2. The second-order valence-electron chi connectivity index (χ2n) is 20.1. The number of benzene rings is 3. The number of rotatable bonds is 14. The molecular weight excluding hydrogens is 1130 g/mol. The monoisotopic (exact) mass is 1210 g/mol. The lowest BCUT2D eigenvalue weighted by molar-refractivity contribution is -0.154. The molecule has 0 aliphatic carbocycles. The first-order chi connectivity index (χ1) is 35.5. The van der Waals surface area contributed by atoms with E-state index in [4.69, 9.17) is 23.7 Å². The van der Waals surface area contributed by atoms with Crippen LogP contribution >= 0.6 is 22.6 Å². The van der Waals surface area contributed by atoms with Crippen molar-refractivity contribution in [2.24, 2.45) is 23.7 Å². The molecule has 7 rings (SSSR count). The van der Waals surface area contributed by atoms with E-state index in [2.05, 4.69) is 48.1 Å². The minimum atomic E-state index is -4.40. The summed E-state index contributed by atoms with van der Waals surface area (Å²) in [5, 5.41) is 16.0. The molecule has 3 N–H and O–H groups in total. The van der Waals surface area contributed by atoms with Gasteiger partial charge in [-0.15, -0.1) is 0 Å². The number of aromatic hydroxyl groups is 1. The van der Waals surface area contributed by atoms with Crippen LogP contribution in [0.1, 0.15) is 93.3 Å². The molecule has 4 aliphatic heterocycles. The summed E-state index contributed by atoms with van der Waals surface area (Å²) in [7, 11) is 8.41. The molecule has 4 heterocycles. The third-order valence-corrected chi connectivity index (χ3v) is 13.4. The lowest BCUT2D eigenvalue weighted by Gasteiger charge is -2.43. The first kappa shape index (κ1) is 66.0. The maximum atomic E-state index is 12.6. The third-order valence-electron chi connectivity index (χ3n) is 12.6. The van der Waals surface area contributed by atoms with E-state index in [9.17, 15) is 54.2 Å². The largest absolute Gasteiger partial charge is 0.504 e. The van der Waals surface area contributed by atoms with Crippen LogP contribution in [0, 0.1) is 23.7 Å². The maximum Gasteiger partial charge on any atom is 0.422 e. The van der Waals surface area contributed by atoms with Crippen molar-refractivity contribution in [1.82, 2.24) is 20.4 Å². The summed E-state index contributed by atoms with van der Waals surface area (Å²) in [5.74, 6) is 3.62. The average molecular weight is 1210 g/mol. The van der Waals surface area contributed by atoms with E-state index >= 15 is 0 Å². The molecule has 0 aromatic heterocycles. The van der Waals surface area contributed by atoms with Crippen LogP contribution in [0.15, 0.2) is 36.4 Å². The molecule has 1 fully saturated rings. The topological polar surface area (TPSA) is 131 Å². The quantitative estimate of drug-likeness (QED) is 0.0807. The Kier molecular flexibility index (Phi) is 26.7. The number of hydrogen-bond donors (Lipinski definition) is 3. The van der Waals surface area contributed by atoms with E-state index in [0.29, 0.717) is 42.1 Å². The number of phenols is 1. The summed E-state index contributed by atoms with van der Waals surface area (Å²) < 4.78 is 131. The van der Waals surface area contributed by atoms with Gasteiger partial charge >= 0.3 is 18.5 Å². The van der Waals surface area contributed by atoms with E-state index in [1.54, 1.807) is 44.4 Å². The summed E-state index contributed by atoms with van der Waals surface area (Å²) in [4.78, 5) is 28.2. The number of fused-ring (bicyclic) bond motifs is 5. The van der Waals surface area contributed by atoms with Gasteiger partial charge in [-0.3, -0.25) is 14.5 Å². The van der Waals surface area contributed by atoms with Crippen molar-refractivity contribution < 1.29 is 77.9 Å². The van der Waals surface area contributed by atoms with Crippen LogP contribution in [0.2, 0.25) is 0 Å². The predicted molar refractivity (Wildman–Crippen MR) is 282 cm³/mol. The van der Waals surface area contributed by atoms with Crippen LogP contribution in [0.5, 0.6) is 34.5 Å². The van der Waals surface area contributed by atoms with Crippen molar-refractivity contribution in [2.75, 3.05) is 85.8 Å². The molecule has 0 spiro atoms. The van der Waals surface area contributed by atoms with Gasteiger partial charge in [0.05, 0.1) is 25.8 Å². The molecule has 0 radical (unpaired) electrons. The first-order valence-corrected chi connectivity index (χ1v) is 26.6. The Labute approximate surface area is 455 Å². The number of phenolic OH excluding ortho intramolecular Hbond substituents is 1.